The van der Waals surface area contributed by atoms with Crippen molar-refractivity contribution in [2.75, 3.05) is 47.1 Å². The van der Waals surface area contributed by atoms with Crippen molar-refractivity contribution in [3.63, 3.8) is 0 Å². The zero-order valence-electron chi connectivity index (χ0n) is 12.4. The van der Waals surface area contributed by atoms with E-state index >= 15 is 0 Å². The summed E-state index contributed by atoms with van der Waals surface area (Å²) >= 11 is 0. The number of hydrogen-bond acceptors (Lipinski definition) is 4. The maximum atomic E-state index is 14.5. The Bertz CT molecular complexity index is 273. The second-order valence-corrected chi connectivity index (χ2v) is 5.00. The second-order valence-electron chi connectivity index (χ2n) is 5.00. The molecule has 0 aliphatic carbocycles. The maximum Gasteiger partial charge on any atom is 0.370 e. The molecular formula is C13H26F2N2O2. The number of methoxy groups -OCH3 is 2. The van der Waals surface area contributed by atoms with Gasteiger partial charge >= 0.3 is 6.17 Å². The first-order valence-corrected chi connectivity index (χ1v) is 6.87. The number of nitrogens with zero attached hydrogens (tertiary/aromatic N) is 2. The van der Waals surface area contributed by atoms with E-state index in [1.54, 1.807) is 0 Å². The first-order chi connectivity index (χ1) is 8.98. The molecule has 0 amide bonds. The average Bonchev–Trinajstić information content (AvgIpc) is 2.62. The monoisotopic (exact) mass is 280 g/mol. The van der Waals surface area contributed by atoms with Gasteiger partial charge in [0.25, 0.3) is 0 Å². The van der Waals surface area contributed by atoms with Gasteiger partial charge in [-0.05, 0) is 12.8 Å². The van der Waals surface area contributed by atoms with Crippen LogP contribution >= 0.6 is 0 Å². The van der Waals surface area contributed by atoms with Gasteiger partial charge < -0.3 is 9.47 Å². The van der Waals surface area contributed by atoms with Crippen LogP contribution in [-0.4, -0.2) is 68.6 Å². The van der Waals surface area contributed by atoms with Gasteiger partial charge in [0.2, 0.25) is 0 Å². The lowest BCUT2D eigenvalue weighted by Crippen LogP contribution is -2.53. The second kappa shape index (κ2) is 6.92. The van der Waals surface area contributed by atoms with Crippen molar-refractivity contribution in [2.45, 2.75) is 38.4 Å². The standard InChI is InChI=1S/C13H26F2N2O2/c1-5-12(6-2)11-16(7-9-18-3)13(14,15)17(12)8-10-19-4/h5-11H2,1-4H3. The lowest BCUT2D eigenvalue weighted by molar-refractivity contribution is -0.228. The van der Waals surface area contributed by atoms with E-state index in [0.717, 1.165) is 0 Å². The van der Waals surface area contributed by atoms with E-state index in [1.165, 1.54) is 24.0 Å². The number of ether oxygens (including phenoxy) is 2. The summed E-state index contributed by atoms with van der Waals surface area (Å²) in [5, 5.41) is 0. The average molecular weight is 280 g/mol. The Morgan fingerprint density at radius 2 is 1.53 bits per heavy atom. The molecule has 1 heterocycles. The Hall–Kier alpha value is -0.300. The topological polar surface area (TPSA) is 24.9 Å². The molecule has 1 rings (SSSR count). The van der Waals surface area contributed by atoms with Crippen LogP contribution in [0.1, 0.15) is 26.7 Å². The van der Waals surface area contributed by atoms with Crippen LogP contribution in [0.3, 0.4) is 0 Å². The lowest BCUT2D eigenvalue weighted by Gasteiger charge is -2.38. The minimum Gasteiger partial charge on any atom is -0.383 e. The van der Waals surface area contributed by atoms with Gasteiger partial charge in [0.15, 0.2) is 0 Å². The van der Waals surface area contributed by atoms with E-state index in [-0.39, 0.29) is 13.1 Å². The van der Waals surface area contributed by atoms with Crippen LogP contribution in [0.2, 0.25) is 0 Å². The van der Waals surface area contributed by atoms with Crippen molar-refractivity contribution < 1.29 is 18.3 Å². The normalized spacial score (nSPS) is 23.1. The Kier molecular flexibility index (Phi) is 6.11. The molecule has 0 aromatic carbocycles. The third kappa shape index (κ3) is 3.24. The van der Waals surface area contributed by atoms with Crippen LogP contribution in [0.4, 0.5) is 8.78 Å². The zero-order valence-corrected chi connectivity index (χ0v) is 12.4. The summed E-state index contributed by atoms with van der Waals surface area (Å²) in [6.07, 6.45) is -1.53. The molecule has 0 atom stereocenters. The smallest absolute Gasteiger partial charge is 0.370 e. The highest BCUT2D eigenvalue weighted by Gasteiger charge is 2.59. The number of alkyl halides is 2. The fourth-order valence-electron chi connectivity index (χ4n) is 2.82. The highest BCUT2D eigenvalue weighted by atomic mass is 19.3. The number of hydrogen-bond donors (Lipinski definition) is 0. The highest BCUT2D eigenvalue weighted by Crippen LogP contribution is 2.43. The fraction of sp³-hybridized carbons (Fsp3) is 1.00. The SMILES string of the molecule is CCC1(CC)CN(CCOC)C(F)(F)N1CCOC. The molecule has 0 spiro atoms. The van der Waals surface area contributed by atoms with E-state index in [4.69, 9.17) is 9.47 Å². The number of rotatable bonds is 8. The summed E-state index contributed by atoms with van der Waals surface area (Å²) in [7, 11) is 3.07. The molecule has 6 heteroatoms. The minimum absolute atomic E-state index is 0.245. The van der Waals surface area contributed by atoms with Crippen molar-refractivity contribution in [3.05, 3.63) is 0 Å². The van der Waals surface area contributed by atoms with E-state index in [0.29, 0.717) is 32.6 Å². The van der Waals surface area contributed by atoms with Gasteiger partial charge in [-0.15, -0.1) is 0 Å². The van der Waals surface area contributed by atoms with Gasteiger partial charge in [-0.1, -0.05) is 13.8 Å². The first kappa shape index (κ1) is 16.8. The van der Waals surface area contributed by atoms with Crippen molar-refractivity contribution >= 4 is 0 Å². The first-order valence-electron chi connectivity index (χ1n) is 6.87. The molecule has 0 N–H and O–H groups in total. The molecule has 19 heavy (non-hydrogen) atoms. The van der Waals surface area contributed by atoms with Crippen LogP contribution in [0.5, 0.6) is 0 Å². The summed E-state index contributed by atoms with van der Waals surface area (Å²) < 4.78 is 39.0. The Morgan fingerprint density at radius 3 is 2.00 bits per heavy atom. The van der Waals surface area contributed by atoms with Crippen LogP contribution in [0, 0.1) is 0 Å². The van der Waals surface area contributed by atoms with Crippen molar-refractivity contribution in [1.29, 1.82) is 0 Å². The van der Waals surface area contributed by atoms with Crippen molar-refractivity contribution in [2.24, 2.45) is 0 Å². The zero-order chi connectivity index (χ0) is 14.5. The molecule has 0 saturated carbocycles. The lowest BCUT2D eigenvalue weighted by atomic mass is 9.92. The molecular weight excluding hydrogens is 254 g/mol. The molecule has 1 aliphatic heterocycles. The van der Waals surface area contributed by atoms with Crippen molar-refractivity contribution in [3.8, 4) is 0 Å². The summed E-state index contributed by atoms with van der Waals surface area (Å²) in [5.41, 5.74) is -0.476. The summed E-state index contributed by atoms with van der Waals surface area (Å²) in [5.74, 6) is 0. The molecule has 114 valence electrons. The summed E-state index contributed by atoms with van der Waals surface area (Å²) in [4.78, 5) is 2.53. The summed E-state index contributed by atoms with van der Waals surface area (Å²) in [6.45, 7) is 5.44. The predicted molar refractivity (Wildman–Crippen MR) is 70.3 cm³/mol. The van der Waals surface area contributed by atoms with Gasteiger partial charge in [0.1, 0.15) is 0 Å². The van der Waals surface area contributed by atoms with Gasteiger partial charge in [0.05, 0.1) is 13.2 Å². The Labute approximate surface area is 114 Å². The highest BCUT2D eigenvalue weighted by molar-refractivity contribution is 5.01. The van der Waals surface area contributed by atoms with E-state index in [2.05, 4.69) is 0 Å². The molecule has 4 nitrogen and oxygen atoms in total. The fourth-order valence-corrected chi connectivity index (χ4v) is 2.82. The molecule has 0 unspecified atom stereocenters. The quantitative estimate of drug-likeness (QED) is 0.635. The maximum absolute atomic E-state index is 14.5. The minimum atomic E-state index is -2.93. The molecule has 1 fully saturated rings. The van der Waals surface area contributed by atoms with Crippen LogP contribution in [0.25, 0.3) is 0 Å². The van der Waals surface area contributed by atoms with Gasteiger partial charge in [-0.2, -0.15) is 8.78 Å². The van der Waals surface area contributed by atoms with E-state index < -0.39 is 11.7 Å². The third-order valence-corrected chi connectivity index (χ3v) is 4.16. The van der Waals surface area contributed by atoms with Gasteiger partial charge in [-0.25, -0.2) is 9.80 Å². The van der Waals surface area contributed by atoms with Gasteiger partial charge in [0, 0.05) is 39.4 Å². The van der Waals surface area contributed by atoms with Crippen LogP contribution < -0.4 is 0 Å². The van der Waals surface area contributed by atoms with E-state index in [1.807, 2.05) is 13.8 Å². The third-order valence-electron chi connectivity index (χ3n) is 4.16. The molecule has 0 aromatic rings. The molecule has 0 aromatic heterocycles. The van der Waals surface area contributed by atoms with Gasteiger partial charge in [-0.3, -0.25) is 0 Å². The van der Waals surface area contributed by atoms with E-state index in [9.17, 15) is 8.78 Å². The van der Waals surface area contributed by atoms with Crippen molar-refractivity contribution in [1.82, 2.24) is 9.80 Å². The van der Waals surface area contributed by atoms with Crippen LogP contribution in [0.15, 0.2) is 0 Å². The molecule has 1 aliphatic rings. The molecule has 0 radical (unpaired) electrons. The van der Waals surface area contributed by atoms with Crippen LogP contribution in [-0.2, 0) is 9.47 Å². The molecule has 1 saturated heterocycles. The summed E-state index contributed by atoms with van der Waals surface area (Å²) in [6, 6.07) is 0. The number of halogens is 2. The Balaban J connectivity index is 2.92. The Morgan fingerprint density at radius 1 is 1.00 bits per heavy atom. The molecule has 0 bridgehead atoms. The largest absolute Gasteiger partial charge is 0.383 e. The predicted octanol–water partition coefficient (Wildman–Crippen LogP) is 2.01.